The molecule has 0 bridgehead atoms. The van der Waals surface area contributed by atoms with Crippen LogP contribution in [0.4, 0.5) is 0 Å². The van der Waals surface area contributed by atoms with Crippen molar-refractivity contribution < 1.29 is 4.74 Å². The van der Waals surface area contributed by atoms with E-state index in [1.54, 1.807) is 0 Å². The summed E-state index contributed by atoms with van der Waals surface area (Å²) in [6, 6.07) is 10.4. The largest absolute Gasteiger partial charge is 0.494 e. The fraction of sp³-hybridized carbons (Fsp3) is 0.267. The summed E-state index contributed by atoms with van der Waals surface area (Å²) in [4.78, 5) is 6.12. The van der Waals surface area contributed by atoms with Gasteiger partial charge < -0.3 is 4.74 Å². The summed E-state index contributed by atoms with van der Waals surface area (Å²) in [6.07, 6.45) is 1.08. The Morgan fingerprint density at radius 2 is 2.06 bits per heavy atom. The predicted molar refractivity (Wildman–Crippen MR) is 76.1 cm³/mol. The lowest BCUT2D eigenvalue weighted by molar-refractivity contribution is 0.340. The maximum absolute atomic E-state index is 5.46. The van der Waals surface area contributed by atoms with E-state index in [2.05, 4.69) is 28.6 Å². The average molecular weight is 257 g/mol. The first-order valence-corrected chi connectivity index (χ1v) is 7.11. The molecule has 0 saturated heterocycles. The molecular formula is C15H15NOS. The predicted octanol–water partition coefficient (Wildman–Crippen LogP) is 3.54. The highest BCUT2D eigenvalue weighted by Gasteiger charge is 2.16. The fourth-order valence-electron chi connectivity index (χ4n) is 2.22. The van der Waals surface area contributed by atoms with Crippen molar-refractivity contribution in [3.8, 4) is 5.75 Å². The number of benzene rings is 1. The molecule has 0 fully saturated rings. The summed E-state index contributed by atoms with van der Waals surface area (Å²) in [6.45, 7) is 3.60. The minimum absolute atomic E-state index is 0.703. The number of rotatable bonds is 3. The molecule has 0 N–H and O–H groups in total. The molecule has 0 saturated carbocycles. The van der Waals surface area contributed by atoms with Crippen molar-refractivity contribution >= 4 is 17.0 Å². The van der Waals surface area contributed by atoms with Crippen LogP contribution in [0.15, 0.2) is 40.7 Å². The maximum Gasteiger partial charge on any atom is 0.119 e. The van der Waals surface area contributed by atoms with Gasteiger partial charge in [0, 0.05) is 29.0 Å². The molecule has 92 valence electrons. The van der Waals surface area contributed by atoms with E-state index >= 15 is 0 Å². The van der Waals surface area contributed by atoms with Gasteiger partial charge in [-0.05, 0) is 42.6 Å². The van der Waals surface area contributed by atoms with Crippen LogP contribution in [0.2, 0.25) is 0 Å². The molecule has 3 heteroatoms. The Kier molecular flexibility index (Phi) is 3.15. The van der Waals surface area contributed by atoms with Crippen LogP contribution < -0.4 is 4.74 Å². The minimum Gasteiger partial charge on any atom is -0.494 e. The molecule has 1 aliphatic rings. The number of fused-ring (bicyclic) bond motifs is 1. The summed E-state index contributed by atoms with van der Waals surface area (Å²) in [7, 11) is 0. The normalized spacial score (nSPS) is 13.9. The smallest absolute Gasteiger partial charge is 0.119 e. The third-order valence-corrected chi connectivity index (χ3v) is 4.03. The monoisotopic (exact) mass is 257 g/mol. The van der Waals surface area contributed by atoms with Crippen molar-refractivity contribution in [2.45, 2.75) is 13.3 Å². The standard InChI is InChI=1S/C15H15NOS/c1-2-17-12-5-3-11(4-6-12)15-13-8-10-18-14(13)7-9-16-15/h3-6,8,10H,2,7,9H2,1H3. The summed E-state index contributed by atoms with van der Waals surface area (Å²) in [5, 5.41) is 2.15. The molecule has 0 spiro atoms. The molecule has 2 heterocycles. The van der Waals surface area contributed by atoms with Gasteiger partial charge in [-0.2, -0.15) is 0 Å². The van der Waals surface area contributed by atoms with Gasteiger partial charge in [-0.1, -0.05) is 0 Å². The molecule has 0 aliphatic carbocycles. The summed E-state index contributed by atoms with van der Waals surface area (Å²) < 4.78 is 5.46. The second kappa shape index (κ2) is 4.94. The van der Waals surface area contributed by atoms with Crippen LogP contribution in [0.1, 0.15) is 22.9 Å². The van der Waals surface area contributed by atoms with Gasteiger partial charge in [-0.25, -0.2) is 0 Å². The fourth-order valence-corrected chi connectivity index (χ4v) is 3.09. The Balaban J connectivity index is 1.93. The Bertz CT molecular complexity index is 568. The quantitative estimate of drug-likeness (QED) is 0.824. The van der Waals surface area contributed by atoms with Crippen molar-refractivity contribution in [3.05, 3.63) is 51.7 Å². The van der Waals surface area contributed by atoms with Crippen LogP contribution in [-0.2, 0) is 6.42 Å². The molecule has 18 heavy (non-hydrogen) atoms. The van der Waals surface area contributed by atoms with E-state index < -0.39 is 0 Å². The summed E-state index contributed by atoms with van der Waals surface area (Å²) in [5.41, 5.74) is 3.61. The number of aliphatic imine (C=N–C) groups is 1. The minimum atomic E-state index is 0.703. The molecule has 0 amide bonds. The molecule has 2 aromatic rings. The van der Waals surface area contributed by atoms with Crippen LogP contribution >= 0.6 is 11.3 Å². The first-order valence-electron chi connectivity index (χ1n) is 6.23. The first-order chi connectivity index (χ1) is 8.88. The average Bonchev–Trinajstić information content (AvgIpc) is 2.88. The van der Waals surface area contributed by atoms with Crippen LogP contribution in [-0.4, -0.2) is 18.9 Å². The highest BCUT2D eigenvalue weighted by atomic mass is 32.1. The zero-order valence-corrected chi connectivity index (χ0v) is 11.2. The number of thiophene rings is 1. The molecule has 1 aromatic carbocycles. The zero-order chi connectivity index (χ0) is 12.4. The van der Waals surface area contributed by atoms with E-state index in [1.165, 1.54) is 16.0 Å². The molecule has 1 aliphatic heterocycles. The molecule has 3 rings (SSSR count). The molecule has 0 radical (unpaired) electrons. The Hall–Kier alpha value is -1.61. The van der Waals surface area contributed by atoms with Crippen LogP contribution in [0, 0.1) is 0 Å². The van der Waals surface area contributed by atoms with Crippen LogP contribution in [0.25, 0.3) is 0 Å². The topological polar surface area (TPSA) is 21.6 Å². The summed E-state index contributed by atoms with van der Waals surface area (Å²) in [5.74, 6) is 0.920. The molecule has 1 aromatic heterocycles. The second-order valence-corrected chi connectivity index (χ2v) is 5.20. The van der Waals surface area contributed by atoms with Crippen LogP contribution in [0.3, 0.4) is 0 Å². The van der Waals surface area contributed by atoms with Gasteiger partial charge in [-0.15, -0.1) is 11.3 Å². The van der Waals surface area contributed by atoms with E-state index in [-0.39, 0.29) is 0 Å². The number of ether oxygens (including phenoxy) is 1. The van der Waals surface area contributed by atoms with Crippen molar-refractivity contribution in [3.63, 3.8) is 0 Å². The number of hydrogen-bond acceptors (Lipinski definition) is 3. The maximum atomic E-state index is 5.46. The first kappa shape index (κ1) is 11.5. The van der Waals surface area contributed by atoms with E-state index in [4.69, 9.17) is 4.74 Å². The van der Waals surface area contributed by atoms with Gasteiger partial charge in [0.25, 0.3) is 0 Å². The third kappa shape index (κ3) is 2.06. The SMILES string of the molecule is CCOc1ccc(C2=NCCc3sccc32)cc1. The van der Waals surface area contributed by atoms with Gasteiger partial charge in [0.05, 0.1) is 12.3 Å². The Morgan fingerprint density at radius 3 is 2.83 bits per heavy atom. The lowest BCUT2D eigenvalue weighted by Gasteiger charge is -2.13. The van der Waals surface area contributed by atoms with E-state index in [0.717, 1.165) is 24.4 Å². The van der Waals surface area contributed by atoms with E-state index in [0.29, 0.717) is 6.61 Å². The number of hydrogen-bond donors (Lipinski definition) is 0. The highest BCUT2D eigenvalue weighted by Crippen LogP contribution is 2.25. The van der Waals surface area contributed by atoms with Crippen LogP contribution in [0.5, 0.6) is 5.75 Å². The van der Waals surface area contributed by atoms with Crippen molar-refractivity contribution in [2.75, 3.05) is 13.2 Å². The molecule has 0 atom stereocenters. The Labute approximate surface area is 111 Å². The molecule has 2 nitrogen and oxygen atoms in total. The number of nitrogens with zero attached hydrogens (tertiary/aromatic N) is 1. The van der Waals surface area contributed by atoms with Crippen molar-refractivity contribution in [2.24, 2.45) is 4.99 Å². The molecule has 0 unspecified atom stereocenters. The third-order valence-electron chi connectivity index (χ3n) is 3.05. The van der Waals surface area contributed by atoms with Crippen molar-refractivity contribution in [1.82, 2.24) is 0 Å². The van der Waals surface area contributed by atoms with Gasteiger partial charge in [0.15, 0.2) is 0 Å². The van der Waals surface area contributed by atoms with Gasteiger partial charge in [0.2, 0.25) is 0 Å². The zero-order valence-electron chi connectivity index (χ0n) is 10.3. The Morgan fingerprint density at radius 1 is 1.22 bits per heavy atom. The second-order valence-electron chi connectivity index (χ2n) is 4.20. The van der Waals surface area contributed by atoms with Gasteiger partial charge in [0.1, 0.15) is 5.75 Å². The highest BCUT2D eigenvalue weighted by molar-refractivity contribution is 7.10. The lowest BCUT2D eigenvalue weighted by atomic mass is 10.00. The van der Waals surface area contributed by atoms with Gasteiger partial charge >= 0.3 is 0 Å². The van der Waals surface area contributed by atoms with Gasteiger partial charge in [-0.3, -0.25) is 4.99 Å². The van der Waals surface area contributed by atoms with E-state index in [1.807, 2.05) is 30.4 Å². The van der Waals surface area contributed by atoms with Crippen molar-refractivity contribution in [1.29, 1.82) is 0 Å². The van der Waals surface area contributed by atoms with E-state index in [9.17, 15) is 0 Å². The summed E-state index contributed by atoms with van der Waals surface area (Å²) >= 11 is 1.83. The lowest BCUT2D eigenvalue weighted by Crippen LogP contribution is -2.11. The molecular weight excluding hydrogens is 242 g/mol.